The monoisotopic (exact) mass is 538 g/mol. The van der Waals surface area contributed by atoms with Crippen molar-refractivity contribution < 1.29 is 22.3 Å². The number of halogens is 4. The van der Waals surface area contributed by atoms with Gasteiger partial charge in [0, 0.05) is 29.8 Å². The second-order valence-electron chi connectivity index (χ2n) is 8.91. The number of rotatable bonds is 7. The van der Waals surface area contributed by atoms with Crippen LogP contribution in [0.25, 0.3) is 11.1 Å². The highest BCUT2D eigenvalue weighted by Crippen LogP contribution is 2.35. The fourth-order valence-electron chi connectivity index (χ4n) is 4.07. The van der Waals surface area contributed by atoms with Crippen LogP contribution in [-0.4, -0.2) is 14.5 Å². The minimum Gasteiger partial charge on any atom is -0.449 e. The number of nitrogens with zero attached hydrogens (tertiary/aromatic N) is 3. The summed E-state index contributed by atoms with van der Waals surface area (Å²) in [5, 5.41) is 9.25. The van der Waals surface area contributed by atoms with Crippen molar-refractivity contribution in [2.75, 3.05) is 0 Å². The van der Waals surface area contributed by atoms with E-state index < -0.39 is 40.1 Å². The van der Waals surface area contributed by atoms with Crippen molar-refractivity contribution in [3.63, 3.8) is 0 Å². The van der Waals surface area contributed by atoms with Crippen LogP contribution < -0.4 is 15.9 Å². The zero-order valence-corrected chi connectivity index (χ0v) is 21.1. The van der Waals surface area contributed by atoms with E-state index in [1.807, 2.05) is 0 Å². The van der Waals surface area contributed by atoms with Gasteiger partial charge < -0.3 is 9.72 Å². The SMILES string of the molecule is CCc1[nH]c(=O)c(-c2ccc(F)cc2)cc1Cn1cnc(C(C)(F)F)c(Oc2cc(F)cc(C#N)c2C)c1=O. The van der Waals surface area contributed by atoms with E-state index in [2.05, 4.69) is 9.97 Å². The highest BCUT2D eigenvalue weighted by molar-refractivity contribution is 5.63. The molecule has 0 aliphatic rings. The van der Waals surface area contributed by atoms with E-state index >= 15 is 0 Å². The molecule has 0 atom stereocenters. The molecule has 0 unspecified atom stereocenters. The average Bonchev–Trinajstić information content (AvgIpc) is 2.88. The van der Waals surface area contributed by atoms with Gasteiger partial charge in [0.1, 0.15) is 17.4 Å². The van der Waals surface area contributed by atoms with Crippen LogP contribution in [0.2, 0.25) is 0 Å². The maximum Gasteiger partial charge on any atom is 0.297 e. The standard InChI is InChI=1S/C28H22F4N4O3/c1-4-22-18(10-21(26(37)35-22)16-5-7-19(29)8-6-16)13-36-14-34-25(28(3,31)32)24(27(36)38)39-23-11-20(30)9-17(12-33)15(23)2/h5-11,14H,4,13H2,1-3H3,(H,35,37). The number of nitrogens with one attached hydrogen (secondary N) is 1. The number of hydrogen-bond acceptors (Lipinski definition) is 5. The quantitative estimate of drug-likeness (QED) is 0.310. The zero-order valence-electron chi connectivity index (χ0n) is 21.1. The number of benzene rings is 2. The maximum absolute atomic E-state index is 14.4. The van der Waals surface area contributed by atoms with Crippen LogP contribution in [0, 0.1) is 29.9 Å². The molecule has 0 bridgehead atoms. The highest BCUT2D eigenvalue weighted by Gasteiger charge is 2.34. The van der Waals surface area contributed by atoms with Gasteiger partial charge in [-0.1, -0.05) is 19.1 Å². The first-order valence-electron chi connectivity index (χ1n) is 11.8. The topological polar surface area (TPSA) is 101 Å². The Balaban J connectivity index is 1.85. The number of H-pyrrole nitrogens is 1. The molecule has 1 N–H and O–H groups in total. The van der Waals surface area contributed by atoms with Crippen molar-refractivity contribution in [1.29, 1.82) is 5.26 Å². The molecule has 11 heteroatoms. The van der Waals surface area contributed by atoms with Gasteiger partial charge in [-0.05, 0) is 48.7 Å². The van der Waals surface area contributed by atoms with E-state index in [1.165, 1.54) is 37.3 Å². The zero-order chi connectivity index (χ0) is 28.5. The summed E-state index contributed by atoms with van der Waals surface area (Å²) in [5.41, 5.74) is -0.684. The molecule has 7 nitrogen and oxygen atoms in total. The first kappa shape index (κ1) is 27.3. The summed E-state index contributed by atoms with van der Waals surface area (Å²) in [5.74, 6) is -6.03. The number of aromatic nitrogens is 3. The van der Waals surface area contributed by atoms with Crippen molar-refractivity contribution >= 4 is 0 Å². The van der Waals surface area contributed by atoms with Crippen LogP contribution in [0.5, 0.6) is 11.5 Å². The van der Waals surface area contributed by atoms with Gasteiger partial charge in [0.25, 0.3) is 17.0 Å². The van der Waals surface area contributed by atoms with Crippen molar-refractivity contribution in [2.24, 2.45) is 0 Å². The van der Waals surface area contributed by atoms with Gasteiger partial charge in [-0.3, -0.25) is 14.2 Å². The lowest BCUT2D eigenvalue weighted by molar-refractivity contribution is 0.0101. The Labute approximate surface area is 220 Å². The number of hydrogen-bond donors (Lipinski definition) is 1. The Morgan fingerprint density at radius 1 is 1.10 bits per heavy atom. The number of nitriles is 1. The Morgan fingerprint density at radius 3 is 2.41 bits per heavy atom. The maximum atomic E-state index is 14.4. The van der Waals surface area contributed by atoms with Gasteiger partial charge in [-0.2, -0.15) is 14.0 Å². The van der Waals surface area contributed by atoms with Gasteiger partial charge in [0.05, 0.1) is 24.5 Å². The molecule has 200 valence electrons. The molecule has 2 heterocycles. The number of ether oxygens (including phenoxy) is 1. The summed E-state index contributed by atoms with van der Waals surface area (Å²) in [7, 11) is 0. The molecule has 0 amide bonds. The highest BCUT2D eigenvalue weighted by atomic mass is 19.3. The number of pyridine rings is 1. The minimum absolute atomic E-state index is 0.0897. The molecule has 39 heavy (non-hydrogen) atoms. The predicted molar refractivity (Wildman–Crippen MR) is 135 cm³/mol. The van der Waals surface area contributed by atoms with Gasteiger partial charge in [0.15, 0.2) is 5.69 Å². The lowest BCUT2D eigenvalue weighted by Crippen LogP contribution is -2.28. The van der Waals surface area contributed by atoms with Gasteiger partial charge >= 0.3 is 0 Å². The molecule has 0 radical (unpaired) electrons. The Kier molecular flexibility index (Phi) is 7.40. The first-order chi connectivity index (χ1) is 18.4. The first-order valence-corrected chi connectivity index (χ1v) is 11.8. The number of aryl methyl sites for hydroxylation is 1. The van der Waals surface area contributed by atoms with Crippen LogP contribution in [-0.2, 0) is 18.9 Å². The van der Waals surface area contributed by atoms with Gasteiger partial charge in [-0.15, -0.1) is 0 Å². The Morgan fingerprint density at radius 2 is 1.79 bits per heavy atom. The van der Waals surface area contributed by atoms with E-state index in [0.717, 1.165) is 23.0 Å². The summed E-state index contributed by atoms with van der Waals surface area (Å²) >= 11 is 0. The van der Waals surface area contributed by atoms with E-state index in [0.29, 0.717) is 30.2 Å². The van der Waals surface area contributed by atoms with Gasteiger partial charge in [0.2, 0.25) is 5.75 Å². The third-order valence-corrected chi connectivity index (χ3v) is 6.13. The average molecular weight is 539 g/mol. The molecule has 0 aliphatic carbocycles. The normalized spacial score (nSPS) is 11.3. The van der Waals surface area contributed by atoms with Crippen LogP contribution >= 0.6 is 0 Å². The molecule has 2 aromatic carbocycles. The summed E-state index contributed by atoms with van der Waals surface area (Å²) in [4.78, 5) is 32.7. The second-order valence-corrected chi connectivity index (χ2v) is 8.91. The van der Waals surface area contributed by atoms with E-state index in [-0.39, 0.29) is 29.0 Å². The second kappa shape index (κ2) is 10.6. The Bertz CT molecular complexity index is 1720. The summed E-state index contributed by atoms with van der Waals surface area (Å²) in [6, 6.07) is 10.4. The van der Waals surface area contributed by atoms with Crippen molar-refractivity contribution in [2.45, 2.75) is 39.7 Å². The molecular formula is C28H22F4N4O3. The minimum atomic E-state index is -3.59. The van der Waals surface area contributed by atoms with E-state index in [1.54, 1.807) is 13.0 Å². The molecule has 0 saturated heterocycles. The molecule has 0 aliphatic heterocycles. The summed E-state index contributed by atoms with van der Waals surface area (Å²) in [6.45, 7) is 3.56. The molecular weight excluding hydrogens is 516 g/mol. The fourth-order valence-corrected chi connectivity index (χ4v) is 4.07. The lowest BCUT2D eigenvalue weighted by atomic mass is 10.0. The van der Waals surface area contributed by atoms with Crippen LogP contribution in [0.4, 0.5) is 17.6 Å². The third kappa shape index (κ3) is 5.60. The molecule has 0 spiro atoms. The molecule has 4 aromatic rings. The predicted octanol–water partition coefficient (Wildman–Crippen LogP) is 5.57. The summed E-state index contributed by atoms with van der Waals surface area (Å²) < 4.78 is 62.9. The Hall–Kier alpha value is -4.72. The smallest absolute Gasteiger partial charge is 0.297 e. The van der Waals surface area contributed by atoms with Crippen LogP contribution in [0.1, 0.15) is 41.9 Å². The molecule has 4 rings (SSSR count). The van der Waals surface area contributed by atoms with Crippen LogP contribution in [0.15, 0.2) is 58.4 Å². The van der Waals surface area contributed by atoms with Crippen molar-refractivity contribution in [3.8, 4) is 28.7 Å². The van der Waals surface area contributed by atoms with Gasteiger partial charge in [-0.25, -0.2) is 13.8 Å². The molecule has 0 saturated carbocycles. The molecule has 0 fully saturated rings. The number of alkyl halides is 2. The van der Waals surface area contributed by atoms with E-state index in [9.17, 15) is 32.4 Å². The lowest BCUT2D eigenvalue weighted by Gasteiger charge is -2.18. The largest absolute Gasteiger partial charge is 0.449 e. The fraction of sp³-hybridized carbons (Fsp3) is 0.214. The molecule has 2 aromatic heterocycles. The van der Waals surface area contributed by atoms with Crippen LogP contribution in [0.3, 0.4) is 0 Å². The van der Waals surface area contributed by atoms with Crippen molar-refractivity contribution in [3.05, 3.63) is 109 Å². The summed E-state index contributed by atoms with van der Waals surface area (Å²) in [6.07, 6.45) is 1.31. The van der Waals surface area contributed by atoms with E-state index in [4.69, 9.17) is 4.74 Å². The number of aromatic amines is 1. The third-order valence-electron chi connectivity index (χ3n) is 6.13. The van der Waals surface area contributed by atoms with Crippen molar-refractivity contribution in [1.82, 2.24) is 14.5 Å².